The lowest BCUT2D eigenvalue weighted by Crippen LogP contribution is -2.05. The van der Waals surface area contributed by atoms with Gasteiger partial charge in [-0.05, 0) is 12.1 Å². The van der Waals surface area contributed by atoms with Crippen molar-refractivity contribution >= 4 is 11.0 Å². The van der Waals surface area contributed by atoms with Crippen molar-refractivity contribution < 1.29 is 9.63 Å². The Morgan fingerprint density at radius 2 is 1.78 bits per heavy atom. The number of rotatable bonds is 4. The van der Waals surface area contributed by atoms with Crippen molar-refractivity contribution in [2.24, 2.45) is 0 Å². The molecule has 5 nitrogen and oxygen atoms in total. The molecule has 1 N–H and O–H groups in total. The summed E-state index contributed by atoms with van der Waals surface area (Å²) < 4.78 is 7.40. The molecular formula is C18H15N3O2. The van der Waals surface area contributed by atoms with Crippen LogP contribution in [0, 0.1) is 0 Å². The predicted octanol–water partition coefficient (Wildman–Crippen LogP) is 3.23. The Morgan fingerprint density at radius 1 is 1.00 bits per heavy atom. The van der Waals surface area contributed by atoms with E-state index in [-0.39, 0.29) is 6.61 Å². The minimum absolute atomic E-state index is 0.113. The molecule has 0 aliphatic rings. The maximum Gasteiger partial charge on any atom is 0.167 e. The van der Waals surface area contributed by atoms with E-state index in [1.807, 2.05) is 65.2 Å². The van der Waals surface area contributed by atoms with Gasteiger partial charge in [-0.2, -0.15) is 0 Å². The molecule has 0 bridgehead atoms. The van der Waals surface area contributed by atoms with E-state index in [1.165, 1.54) is 0 Å². The molecule has 0 saturated heterocycles. The summed E-state index contributed by atoms with van der Waals surface area (Å²) in [7, 11) is 0. The Kier molecular flexibility index (Phi) is 3.40. The number of aliphatic hydroxyl groups is 1. The average Bonchev–Trinajstić information content (AvgIpc) is 3.21. The lowest BCUT2D eigenvalue weighted by atomic mass is 10.1. The first kappa shape index (κ1) is 13.7. The van der Waals surface area contributed by atoms with Crippen molar-refractivity contribution in [3.05, 3.63) is 72.2 Å². The minimum atomic E-state index is -0.113. The number of para-hydroxylation sites is 2. The molecule has 114 valence electrons. The van der Waals surface area contributed by atoms with Crippen LogP contribution in [0.3, 0.4) is 0 Å². The van der Waals surface area contributed by atoms with Crippen molar-refractivity contribution in [1.82, 2.24) is 14.7 Å². The minimum Gasteiger partial charge on any atom is -0.388 e. The molecule has 0 saturated carbocycles. The molecule has 0 radical (unpaired) electrons. The highest BCUT2D eigenvalue weighted by molar-refractivity contribution is 5.76. The zero-order valence-electron chi connectivity index (χ0n) is 12.4. The normalized spacial score (nSPS) is 11.2. The smallest absolute Gasteiger partial charge is 0.167 e. The molecule has 0 fully saturated rings. The topological polar surface area (TPSA) is 64.1 Å². The first-order valence-electron chi connectivity index (χ1n) is 7.41. The van der Waals surface area contributed by atoms with Gasteiger partial charge in [-0.25, -0.2) is 4.98 Å². The lowest BCUT2D eigenvalue weighted by Gasteiger charge is -2.04. The zero-order valence-corrected chi connectivity index (χ0v) is 12.4. The highest BCUT2D eigenvalue weighted by atomic mass is 16.5. The zero-order chi connectivity index (χ0) is 15.6. The molecule has 4 rings (SSSR count). The summed E-state index contributed by atoms with van der Waals surface area (Å²) in [6, 6.07) is 19.6. The molecule has 0 aliphatic heterocycles. The van der Waals surface area contributed by atoms with Crippen molar-refractivity contribution in [2.45, 2.75) is 13.2 Å². The number of aromatic nitrogens is 3. The van der Waals surface area contributed by atoms with Crippen molar-refractivity contribution in [2.75, 3.05) is 0 Å². The predicted molar refractivity (Wildman–Crippen MR) is 86.7 cm³/mol. The third-order valence-corrected chi connectivity index (χ3v) is 3.81. The van der Waals surface area contributed by atoms with Gasteiger partial charge in [-0.15, -0.1) is 0 Å². The van der Waals surface area contributed by atoms with Gasteiger partial charge < -0.3 is 14.2 Å². The van der Waals surface area contributed by atoms with E-state index in [0.29, 0.717) is 12.4 Å². The van der Waals surface area contributed by atoms with Crippen molar-refractivity contribution in [1.29, 1.82) is 0 Å². The van der Waals surface area contributed by atoms with E-state index in [0.717, 1.165) is 28.1 Å². The number of imidazole rings is 1. The van der Waals surface area contributed by atoms with E-state index in [1.54, 1.807) is 0 Å². The SMILES string of the molecule is OCc1nc2ccccc2n1Cc1cc(-c2ccccc2)on1. The Labute approximate surface area is 132 Å². The van der Waals surface area contributed by atoms with E-state index < -0.39 is 0 Å². The van der Waals surface area contributed by atoms with E-state index in [4.69, 9.17) is 4.52 Å². The number of nitrogens with zero attached hydrogens (tertiary/aromatic N) is 3. The highest BCUT2D eigenvalue weighted by Gasteiger charge is 2.13. The van der Waals surface area contributed by atoms with Crippen molar-refractivity contribution in [3.8, 4) is 11.3 Å². The monoisotopic (exact) mass is 305 g/mol. The third kappa shape index (κ3) is 2.51. The van der Waals surface area contributed by atoms with Crippen LogP contribution in [0.2, 0.25) is 0 Å². The maximum atomic E-state index is 9.55. The summed E-state index contributed by atoms with van der Waals surface area (Å²) in [6.07, 6.45) is 0. The molecule has 2 aromatic heterocycles. The van der Waals surface area contributed by atoms with Crippen LogP contribution in [0.4, 0.5) is 0 Å². The van der Waals surface area contributed by atoms with Crippen LogP contribution in [0.5, 0.6) is 0 Å². The van der Waals surface area contributed by atoms with Gasteiger partial charge in [-0.3, -0.25) is 0 Å². The quantitative estimate of drug-likeness (QED) is 0.628. The summed E-state index contributed by atoms with van der Waals surface area (Å²) in [6.45, 7) is 0.394. The number of benzene rings is 2. The summed E-state index contributed by atoms with van der Waals surface area (Å²) in [5.41, 5.74) is 3.62. The second-order valence-electron chi connectivity index (χ2n) is 5.31. The average molecular weight is 305 g/mol. The van der Waals surface area contributed by atoms with Crippen LogP contribution in [-0.2, 0) is 13.2 Å². The van der Waals surface area contributed by atoms with Crippen molar-refractivity contribution in [3.63, 3.8) is 0 Å². The summed E-state index contributed by atoms with van der Waals surface area (Å²) in [5.74, 6) is 1.35. The summed E-state index contributed by atoms with van der Waals surface area (Å²) in [4.78, 5) is 4.45. The van der Waals surface area contributed by atoms with Gasteiger partial charge in [-0.1, -0.05) is 47.6 Å². The Hall–Kier alpha value is -2.92. The molecule has 0 atom stereocenters. The van der Waals surface area contributed by atoms with E-state index in [2.05, 4.69) is 10.1 Å². The Morgan fingerprint density at radius 3 is 2.61 bits per heavy atom. The highest BCUT2D eigenvalue weighted by Crippen LogP contribution is 2.22. The van der Waals surface area contributed by atoms with Gasteiger partial charge >= 0.3 is 0 Å². The Bertz CT molecular complexity index is 941. The molecule has 2 aromatic carbocycles. The first-order chi connectivity index (χ1) is 11.3. The molecule has 0 amide bonds. The van der Waals surface area contributed by atoms with E-state index in [9.17, 15) is 5.11 Å². The second kappa shape index (κ2) is 5.70. The fraction of sp³-hybridized carbons (Fsp3) is 0.111. The van der Waals surface area contributed by atoms with Crippen LogP contribution >= 0.6 is 0 Å². The van der Waals surface area contributed by atoms with Crippen LogP contribution in [0.25, 0.3) is 22.4 Å². The molecule has 4 aromatic rings. The molecule has 23 heavy (non-hydrogen) atoms. The summed E-state index contributed by atoms with van der Waals surface area (Å²) in [5, 5.41) is 13.7. The van der Waals surface area contributed by atoms with Crippen LogP contribution < -0.4 is 0 Å². The molecule has 5 heteroatoms. The number of aliphatic hydroxyl groups excluding tert-OH is 1. The lowest BCUT2D eigenvalue weighted by molar-refractivity contribution is 0.266. The van der Waals surface area contributed by atoms with Crippen LogP contribution in [-0.4, -0.2) is 19.8 Å². The number of hydrogen-bond donors (Lipinski definition) is 1. The molecule has 2 heterocycles. The van der Waals surface area contributed by atoms with Gasteiger partial charge in [0.1, 0.15) is 18.1 Å². The second-order valence-corrected chi connectivity index (χ2v) is 5.31. The van der Waals surface area contributed by atoms with Gasteiger partial charge in [0.05, 0.1) is 17.6 Å². The molecule has 0 unspecified atom stereocenters. The maximum absolute atomic E-state index is 9.55. The fourth-order valence-corrected chi connectivity index (χ4v) is 2.71. The van der Waals surface area contributed by atoms with Crippen LogP contribution in [0.15, 0.2) is 65.2 Å². The van der Waals surface area contributed by atoms with Gasteiger partial charge in [0, 0.05) is 11.6 Å². The third-order valence-electron chi connectivity index (χ3n) is 3.81. The molecular weight excluding hydrogens is 290 g/mol. The molecule has 0 spiro atoms. The van der Waals surface area contributed by atoms with Gasteiger partial charge in [0.25, 0.3) is 0 Å². The first-order valence-corrected chi connectivity index (χ1v) is 7.41. The van der Waals surface area contributed by atoms with Gasteiger partial charge in [0.2, 0.25) is 0 Å². The largest absolute Gasteiger partial charge is 0.388 e. The number of hydrogen-bond acceptors (Lipinski definition) is 4. The fourth-order valence-electron chi connectivity index (χ4n) is 2.71. The number of fused-ring (bicyclic) bond motifs is 1. The summed E-state index contributed by atoms with van der Waals surface area (Å²) >= 11 is 0. The standard InChI is InChI=1S/C18H15N3O2/c22-12-18-19-15-8-4-5-9-16(15)21(18)11-14-10-17(23-20-14)13-6-2-1-3-7-13/h1-10,22H,11-12H2. The molecule has 0 aliphatic carbocycles. The Balaban J connectivity index is 1.70. The van der Waals surface area contributed by atoms with Gasteiger partial charge in [0.15, 0.2) is 5.76 Å². The van der Waals surface area contributed by atoms with Crippen LogP contribution in [0.1, 0.15) is 11.5 Å². The van der Waals surface area contributed by atoms with E-state index >= 15 is 0 Å².